The van der Waals surface area contributed by atoms with Crippen molar-refractivity contribution in [3.63, 3.8) is 0 Å². The van der Waals surface area contributed by atoms with Gasteiger partial charge in [0, 0.05) is 18.8 Å². The first kappa shape index (κ1) is 14.5. The molecule has 3 heteroatoms. The molecule has 0 spiro atoms. The topological polar surface area (TPSA) is 36.3 Å². The van der Waals surface area contributed by atoms with Crippen molar-refractivity contribution in [2.45, 2.75) is 18.3 Å². The van der Waals surface area contributed by atoms with E-state index in [1.807, 2.05) is 30.3 Å². The molecule has 1 saturated heterocycles. The summed E-state index contributed by atoms with van der Waals surface area (Å²) < 4.78 is 5.20. The maximum absolute atomic E-state index is 9.74. The lowest BCUT2D eigenvalue weighted by Gasteiger charge is -2.38. The first-order valence-electron chi connectivity index (χ1n) is 7.63. The number of nitriles is 1. The second-order valence-electron chi connectivity index (χ2n) is 5.75. The highest BCUT2D eigenvalue weighted by Gasteiger charge is 2.36. The lowest BCUT2D eigenvalue weighted by atomic mass is 9.74. The van der Waals surface area contributed by atoms with Gasteiger partial charge < -0.3 is 9.64 Å². The summed E-state index contributed by atoms with van der Waals surface area (Å²) in [4.78, 5) is 2.35. The van der Waals surface area contributed by atoms with Gasteiger partial charge in [-0.3, -0.25) is 0 Å². The standard InChI is InChI=1S/C19H20N2O/c1-22-18-9-7-17(8-10-18)21-13-11-19(15-20,12-14-21)16-5-3-2-4-6-16/h2-10H,11-14H2,1H3. The Balaban J connectivity index is 1.75. The van der Waals surface area contributed by atoms with Crippen LogP contribution >= 0.6 is 0 Å². The second-order valence-corrected chi connectivity index (χ2v) is 5.75. The number of hydrogen-bond donors (Lipinski definition) is 0. The molecule has 1 aliphatic heterocycles. The summed E-state index contributed by atoms with van der Waals surface area (Å²) in [6.07, 6.45) is 1.72. The number of hydrogen-bond acceptors (Lipinski definition) is 3. The van der Waals surface area contributed by atoms with Gasteiger partial charge in [0.1, 0.15) is 5.75 Å². The molecule has 0 atom stereocenters. The SMILES string of the molecule is COc1ccc(N2CCC(C#N)(c3ccccc3)CC2)cc1. The van der Waals surface area contributed by atoms with Crippen molar-refractivity contribution in [2.24, 2.45) is 0 Å². The average Bonchev–Trinajstić information content (AvgIpc) is 2.63. The van der Waals surface area contributed by atoms with E-state index < -0.39 is 0 Å². The zero-order chi connectivity index (χ0) is 15.4. The van der Waals surface area contributed by atoms with Crippen LogP contribution in [0.5, 0.6) is 5.75 Å². The minimum absolute atomic E-state index is 0.343. The van der Waals surface area contributed by atoms with Gasteiger partial charge in [-0.2, -0.15) is 5.26 Å². The maximum atomic E-state index is 9.74. The van der Waals surface area contributed by atoms with Crippen LogP contribution in [0.25, 0.3) is 0 Å². The lowest BCUT2D eigenvalue weighted by Crippen LogP contribution is -2.41. The van der Waals surface area contributed by atoms with E-state index in [2.05, 4.69) is 35.2 Å². The number of ether oxygens (including phenoxy) is 1. The largest absolute Gasteiger partial charge is 0.497 e. The average molecular weight is 292 g/mol. The summed E-state index contributed by atoms with van der Waals surface area (Å²) in [5, 5.41) is 9.74. The van der Waals surface area contributed by atoms with Crippen molar-refractivity contribution < 1.29 is 4.74 Å². The number of benzene rings is 2. The molecule has 3 nitrogen and oxygen atoms in total. The van der Waals surface area contributed by atoms with Gasteiger partial charge in [0.25, 0.3) is 0 Å². The van der Waals surface area contributed by atoms with Crippen LogP contribution in [0, 0.1) is 11.3 Å². The monoisotopic (exact) mass is 292 g/mol. The predicted molar refractivity (Wildman–Crippen MR) is 88.2 cm³/mol. The van der Waals surface area contributed by atoms with Gasteiger partial charge in [0.2, 0.25) is 0 Å². The minimum atomic E-state index is -0.343. The van der Waals surface area contributed by atoms with Crippen molar-refractivity contribution in [3.8, 4) is 11.8 Å². The number of rotatable bonds is 3. The second kappa shape index (κ2) is 6.11. The molecule has 2 aromatic rings. The fourth-order valence-electron chi connectivity index (χ4n) is 3.16. The molecule has 0 aromatic heterocycles. The van der Waals surface area contributed by atoms with Crippen LogP contribution in [-0.2, 0) is 5.41 Å². The fraction of sp³-hybridized carbons (Fsp3) is 0.316. The quantitative estimate of drug-likeness (QED) is 0.864. The van der Waals surface area contributed by atoms with Gasteiger partial charge in [-0.1, -0.05) is 30.3 Å². The highest BCUT2D eigenvalue weighted by Crippen LogP contribution is 2.36. The molecule has 0 N–H and O–H groups in total. The fourth-order valence-corrected chi connectivity index (χ4v) is 3.16. The summed E-state index contributed by atoms with van der Waals surface area (Å²) in [6.45, 7) is 1.80. The van der Waals surface area contributed by atoms with E-state index in [-0.39, 0.29) is 5.41 Å². The van der Waals surface area contributed by atoms with E-state index in [1.165, 1.54) is 5.69 Å². The van der Waals surface area contributed by atoms with Crippen molar-refractivity contribution >= 4 is 5.69 Å². The van der Waals surface area contributed by atoms with E-state index in [0.717, 1.165) is 37.2 Å². The maximum Gasteiger partial charge on any atom is 0.119 e. The number of anilines is 1. The van der Waals surface area contributed by atoms with Crippen molar-refractivity contribution in [2.75, 3.05) is 25.1 Å². The van der Waals surface area contributed by atoms with Gasteiger partial charge in [-0.15, -0.1) is 0 Å². The Bertz CT molecular complexity index is 650. The van der Waals surface area contributed by atoms with Crippen molar-refractivity contribution in [1.82, 2.24) is 0 Å². The van der Waals surface area contributed by atoms with Crippen molar-refractivity contribution in [1.29, 1.82) is 5.26 Å². The summed E-state index contributed by atoms with van der Waals surface area (Å²) in [7, 11) is 1.68. The molecule has 2 aromatic carbocycles. The predicted octanol–water partition coefficient (Wildman–Crippen LogP) is 3.76. The van der Waals surface area contributed by atoms with E-state index in [4.69, 9.17) is 4.74 Å². The van der Waals surface area contributed by atoms with Gasteiger partial charge in [0.15, 0.2) is 0 Å². The molecule has 3 rings (SSSR count). The lowest BCUT2D eigenvalue weighted by molar-refractivity contribution is 0.411. The number of piperidine rings is 1. The molecule has 0 unspecified atom stereocenters. The van der Waals surface area contributed by atoms with Crippen LogP contribution in [-0.4, -0.2) is 20.2 Å². The summed E-state index contributed by atoms with van der Waals surface area (Å²) in [6, 6.07) is 20.9. The van der Waals surface area contributed by atoms with Gasteiger partial charge >= 0.3 is 0 Å². The summed E-state index contributed by atoms with van der Waals surface area (Å²) in [5.74, 6) is 0.872. The zero-order valence-electron chi connectivity index (χ0n) is 12.8. The Hall–Kier alpha value is -2.47. The minimum Gasteiger partial charge on any atom is -0.497 e. The molecule has 0 radical (unpaired) electrons. The molecule has 0 saturated carbocycles. The molecule has 1 heterocycles. The van der Waals surface area contributed by atoms with Crippen LogP contribution in [0.1, 0.15) is 18.4 Å². The molecule has 0 bridgehead atoms. The van der Waals surface area contributed by atoms with E-state index in [9.17, 15) is 5.26 Å². The normalized spacial score (nSPS) is 16.8. The summed E-state index contributed by atoms with van der Waals surface area (Å²) >= 11 is 0. The van der Waals surface area contributed by atoms with Gasteiger partial charge in [-0.05, 0) is 42.7 Å². The molecule has 22 heavy (non-hydrogen) atoms. The molecule has 112 valence electrons. The van der Waals surface area contributed by atoms with E-state index >= 15 is 0 Å². The third kappa shape index (κ3) is 2.65. The molecule has 0 amide bonds. The number of methoxy groups -OCH3 is 1. The molecular formula is C19H20N2O. The zero-order valence-corrected chi connectivity index (χ0v) is 12.8. The Labute approximate surface area is 131 Å². The Morgan fingerprint density at radius 2 is 1.64 bits per heavy atom. The van der Waals surface area contributed by atoms with Gasteiger partial charge in [0.05, 0.1) is 18.6 Å². The first-order chi connectivity index (χ1) is 10.8. The van der Waals surface area contributed by atoms with Crippen LogP contribution < -0.4 is 9.64 Å². The highest BCUT2D eigenvalue weighted by molar-refractivity contribution is 5.50. The van der Waals surface area contributed by atoms with Crippen LogP contribution in [0.15, 0.2) is 54.6 Å². The van der Waals surface area contributed by atoms with Crippen molar-refractivity contribution in [3.05, 3.63) is 60.2 Å². The first-order valence-corrected chi connectivity index (χ1v) is 7.63. The van der Waals surface area contributed by atoms with Crippen LogP contribution in [0.4, 0.5) is 5.69 Å². The third-order valence-electron chi connectivity index (χ3n) is 4.59. The molecule has 1 aliphatic rings. The smallest absolute Gasteiger partial charge is 0.119 e. The van der Waals surface area contributed by atoms with E-state index in [0.29, 0.717) is 0 Å². The Kier molecular flexibility index (Phi) is 4.02. The van der Waals surface area contributed by atoms with Gasteiger partial charge in [-0.25, -0.2) is 0 Å². The Morgan fingerprint density at radius 1 is 1.00 bits per heavy atom. The Morgan fingerprint density at radius 3 is 2.18 bits per heavy atom. The molecule has 0 aliphatic carbocycles. The molecule has 1 fully saturated rings. The third-order valence-corrected chi connectivity index (χ3v) is 4.59. The van der Waals surface area contributed by atoms with Crippen LogP contribution in [0.3, 0.4) is 0 Å². The molecular weight excluding hydrogens is 272 g/mol. The van der Waals surface area contributed by atoms with Crippen LogP contribution in [0.2, 0.25) is 0 Å². The highest BCUT2D eigenvalue weighted by atomic mass is 16.5. The summed E-state index contributed by atoms with van der Waals surface area (Å²) in [5.41, 5.74) is 2.00. The number of nitrogens with zero attached hydrogens (tertiary/aromatic N) is 2. The van der Waals surface area contributed by atoms with E-state index in [1.54, 1.807) is 7.11 Å².